The Hall–Kier alpha value is -0.390. The van der Waals surface area contributed by atoms with Crippen LogP contribution in [0.15, 0.2) is 30.3 Å². The minimum absolute atomic E-state index is 0.171. The van der Waals surface area contributed by atoms with Crippen LogP contribution in [-0.2, 0) is 16.4 Å². The SMILES string of the molecule is O=S(=O)(CCc1ccccc1)NCC1CCC(Br)CC1. The van der Waals surface area contributed by atoms with Gasteiger partial charge in [0.05, 0.1) is 5.75 Å². The number of benzene rings is 1. The molecule has 1 aliphatic rings. The quantitative estimate of drug-likeness (QED) is 0.793. The number of hydrogen-bond donors (Lipinski definition) is 1. The highest BCUT2D eigenvalue weighted by atomic mass is 79.9. The molecule has 1 fully saturated rings. The average molecular weight is 360 g/mol. The number of halogens is 1. The van der Waals surface area contributed by atoms with Gasteiger partial charge in [0, 0.05) is 11.4 Å². The first kappa shape index (κ1) is 16.0. The molecular formula is C15H22BrNO2S. The fourth-order valence-corrected chi connectivity index (χ4v) is 4.21. The van der Waals surface area contributed by atoms with Crippen molar-refractivity contribution in [2.75, 3.05) is 12.3 Å². The molecule has 1 aromatic carbocycles. The molecule has 3 nitrogen and oxygen atoms in total. The molecule has 1 N–H and O–H groups in total. The van der Waals surface area contributed by atoms with Gasteiger partial charge in [0.15, 0.2) is 0 Å². The van der Waals surface area contributed by atoms with Gasteiger partial charge in [-0.3, -0.25) is 0 Å². The Morgan fingerprint density at radius 2 is 1.75 bits per heavy atom. The van der Waals surface area contributed by atoms with Crippen molar-refractivity contribution in [2.45, 2.75) is 36.9 Å². The van der Waals surface area contributed by atoms with Crippen LogP contribution in [0, 0.1) is 5.92 Å². The third kappa shape index (κ3) is 5.54. The number of aryl methyl sites for hydroxylation is 1. The van der Waals surface area contributed by atoms with Crippen molar-refractivity contribution in [3.8, 4) is 0 Å². The number of hydrogen-bond acceptors (Lipinski definition) is 2. The summed E-state index contributed by atoms with van der Waals surface area (Å²) in [6, 6.07) is 9.75. The highest BCUT2D eigenvalue weighted by Crippen LogP contribution is 2.28. The Kier molecular flexibility index (Phi) is 6.05. The Morgan fingerprint density at radius 3 is 2.40 bits per heavy atom. The van der Waals surface area contributed by atoms with E-state index in [1.165, 1.54) is 0 Å². The molecule has 1 aliphatic carbocycles. The zero-order valence-corrected chi connectivity index (χ0v) is 14.0. The first-order valence-corrected chi connectivity index (χ1v) is 9.77. The number of rotatable bonds is 6. The van der Waals surface area contributed by atoms with Crippen LogP contribution in [0.25, 0.3) is 0 Å². The van der Waals surface area contributed by atoms with Crippen molar-refractivity contribution in [3.05, 3.63) is 35.9 Å². The molecule has 0 aromatic heterocycles. The zero-order valence-electron chi connectivity index (χ0n) is 11.6. The van der Waals surface area contributed by atoms with Gasteiger partial charge in [-0.1, -0.05) is 46.3 Å². The maximum absolute atomic E-state index is 12.0. The summed E-state index contributed by atoms with van der Waals surface area (Å²) in [6.45, 7) is 0.594. The highest BCUT2D eigenvalue weighted by Gasteiger charge is 2.20. The Balaban J connectivity index is 1.74. The van der Waals surface area contributed by atoms with E-state index in [0.717, 1.165) is 31.2 Å². The molecule has 20 heavy (non-hydrogen) atoms. The van der Waals surface area contributed by atoms with Gasteiger partial charge in [0.2, 0.25) is 10.0 Å². The Morgan fingerprint density at radius 1 is 1.10 bits per heavy atom. The highest BCUT2D eigenvalue weighted by molar-refractivity contribution is 9.09. The minimum Gasteiger partial charge on any atom is -0.215 e. The van der Waals surface area contributed by atoms with E-state index in [4.69, 9.17) is 0 Å². The average Bonchev–Trinajstić information content (AvgIpc) is 2.46. The van der Waals surface area contributed by atoms with Gasteiger partial charge < -0.3 is 0 Å². The Bertz CT molecular complexity index is 496. The van der Waals surface area contributed by atoms with Crippen molar-refractivity contribution in [1.29, 1.82) is 0 Å². The van der Waals surface area contributed by atoms with Gasteiger partial charge in [-0.15, -0.1) is 0 Å². The molecule has 0 amide bonds. The fourth-order valence-electron chi connectivity index (χ4n) is 2.54. The third-order valence-corrected chi connectivity index (χ3v) is 6.13. The summed E-state index contributed by atoms with van der Waals surface area (Å²) in [5.41, 5.74) is 1.07. The number of nitrogens with one attached hydrogen (secondary N) is 1. The van der Waals surface area contributed by atoms with Crippen LogP contribution < -0.4 is 4.72 Å². The largest absolute Gasteiger partial charge is 0.215 e. The van der Waals surface area contributed by atoms with E-state index in [1.807, 2.05) is 30.3 Å². The summed E-state index contributed by atoms with van der Waals surface area (Å²) in [5.74, 6) is 0.667. The molecule has 112 valence electrons. The first-order chi connectivity index (χ1) is 9.55. The minimum atomic E-state index is -3.15. The number of alkyl halides is 1. The lowest BCUT2D eigenvalue weighted by Gasteiger charge is -2.25. The predicted molar refractivity (Wildman–Crippen MR) is 86.6 cm³/mol. The van der Waals surface area contributed by atoms with E-state index in [0.29, 0.717) is 23.7 Å². The zero-order chi connectivity index (χ0) is 14.4. The molecule has 0 unspecified atom stereocenters. The summed E-state index contributed by atoms with van der Waals surface area (Å²) < 4.78 is 26.8. The molecule has 0 heterocycles. The van der Waals surface area contributed by atoms with E-state index in [9.17, 15) is 8.42 Å². The van der Waals surface area contributed by atoms with Crippen LogP contribution in [0.5, 0.6) is 0 Å². The van der Waals surface area contributed by atoms with Crippen LogP contribution in [0.4, 0.5) is 0 Å². The van der Waals surface area contributed by atoms with E-state index in [1.54, 1.807) is 0 Å². The van der Waals surface area contributed by atoms with Crippen LogP contribution in [0.2, 0.25) is 0 Å². The third-order valence-electron chi connectivity index (χ3n) is 3.87. The second-order valence-corrected chi connectivity index (χ2v) is 8.74. The molecular weight excluding hydrogens is 338 g/mol. The van der Waals surface area contributed by atoms with Crippen LogP contribution in [0.3, 0.4) is 0 Å². The smallest absolute Gasteiger partial charge is 0.211 e. The van der Waals surface area contributed by atoms with Gasteiger partial charge in [-0.2, -0.15) is 0 Å². The van der Waals surface area contributed by atoms with Crippen molar-refractivity contribution in [3.63, 3.8) is 0 Å². The molecule has 0 aliphatic heterocycles. The molecule has 2 rings (SSSR count). The van der Waals surface area contributed by atoms with Crippen LogP contribution >= 0.6 is 15.9 Å². The van der Waals surface area contributed by atoms with Gasteiger partial charge in [-0.25, -0.2) is 13.1 Å². The lowest BCUT2D eigenvalue weighted by molar-refractivity contribution is 0.366. The van der Waals surface area contributed by atoms with Gasteiger partial charge in [-0.05, 0) is 43.6 Å². The molecule has 0 saturated heterocycles. The second kappa shape index (κ2) is 7.57. The van der Waals surface area contributed by atoms with Crippen molar-refractivity contribution < 1.29 is 8.42 Å². The van der Waals surface area contributed by atoms with Crippen LogP contribution in [0.1, 0.15) is 31.2 Å². The Labute approximate surface area is 130 Å². The summed E-state index contributed by atoms with van der Waals surface area (Å²) in [5, 5.41) is 0. The molecule has 1 saturated carbocycles. The van der Waals surface area contributed by atoms with Gasteiger partial charge >= 0.3 is 0 Å². The monoisotopic (exact) mass is 359 g/mol. The summed E-state index contributed by atoms with van der Waals surface area (Å²) >= 11 is 3.62. The van der Waals surface area contributed by atoms with Gasteiger partial charge in [0.1, 0.15) is 0 Å². The molecule has 0 atom stereocenters. The molecule has 0 radical (unpaired) electrons. The fraction of sp³-hybridized carbons (Fsp3) is 0.600. The van der Waals surface area contributed by atoms with E-state index in [-0.39, 0.29) is 5.75 Å². The molecule has 0 bridgehead atoms. The molecule has 0 spiro atoms. The standard InChI is InChI=1S/C15H22BrNO2S/c16-15-8-6-14(7-9-15)12-17-20(18,19)11-10-13-4-2-1-3-5-13/h1-5,14-15,17H,6-12H2. The second-order valence-electron chi connectivity index (χ2n) is 5.52. The molecule has 5 heteroatoms. The maximum Gasteiger partial charge on any atom is 0.211 e. The van der Waals surface area contributed by atoms with Crippen molar-refractivity contribution in [1.82, 2.24) is 4.72 Å². The van der Waals surface area contributed by atoms with Crippen molar-refractivity contribution in [2.24, 2.45) is 5.92 Å². The van der Waals surface area contributed by atoms with Crippen LogP contribution in [-0.4, -0.2) is 25.5 Å². The predicted octanol–water partition coefficient (Wildman–Crippen LogP) is 3.10. The lowest BCUT2D eigenvalue weighted by atomic mass is 9.89. The van der Waals surface area contributed by atoms with E-state index in [2.05, 4.69) is 20.7 Å². The maximum atomic E-state index is 12.0. The van der Waals surface area contributed by atoms with E-state index >= 15 is 0 Å². The molecule has 1 aromatic rings. The first-order valence-electron chi connectivity index (χ1n) is 7.20. The van der Waals surface area contributed by atoms with Crippen molar-refractivity contribution >= 4 is 26.0 Å². The van der Waals surface area contributed by atoms with E-state index < -0.39 is 10.0 Å². The van der Waals surface area contributed by atoms with Gasteiger partial charge in [0.25, 0.3) is 0 Å². The topological polar surface area (TPSA) is 46.2 Å². The summed E-state index contributed by atoms with van der Waals surface area (Å²) in [4.78, 5) is 0.619. The normalized spacial score (nSPS) is 23.6. The summed E-state index contributed by atoms with van der Waals surface area (Å²) in [7, 11) is -3.15. The lowest BCUT2D eigenvalue weighted by Crippen LogP contribution is -2.33. The summed E-state index contributed by atoms with van der Waals surface area (Å²) in [6.07, 6.45) is 5.09. The number of sulfonamides is 1.